The van der Waals surface area contributed by atoms with Crippen LogP contribution in [0.4, 0.5) is 6.01 Å². The third kappa shape index (κ3) is 2.57. The molecule has 0 saturated carbocycles. The topological polar surface area (TPSA) is 94.0 Å². The van der Waals surface area contributed by atoms with Crippen LogP contribution in [0.15, 0.2) is 4.52 Å². The van der Waals surface area contributed by atoms with Crippen molar-refractivity contribution in [1.82, 2.24) is 10.1 Å². The van der Waals surface area contributed by atoms with Crippen molar-refractivity contribution in [2.24, 2.45) is 5.73 Å². The van der Waals surface area contributed by atoms with Crippen LogP contribution in [-0.4, -0.2) is 22.6 Å². The molecular weight excluding hydrogens is 160 g/mol. The van der Waals surface area contributed by atoms with E-state index >= 15 is 0 Å². The van der Waals surface area contributed by atoms with Crippen LogP contribution in [0.5, 0.6) is 0 Å². The second kappa shape index (κ2) is 3.70. The van der Waals surface area contributed by atoms with Crippen molar-refractivity contribution in [2.45, 2.75) is 13.3 Å². The maximum atomic E-state index is 10.3. The predicted molar refractivity (Wildman–Crippen MR) is 41.3 cm³/mol. The molecule has 0 spiro atoms. The van der Waals surface area contributed by atoms with Gasteiger partial charge in [-0.25, -0.2) is 0 Å². The monoisotopic (exact) mass is 170 g/mol. The summed E-state index contributed by atoms with van der Waals surface area (Å²) in [5.74, 6) is 0.190. The van der Waals surface area contributed by atoms with Gasteiger partial charge in [0.2, 0.25) is 5.91 Å². The number of anilines is 1. The van der Waals surface area contributed by atoms with Crippen LogP contribution < -0.4 is 11.1 Å². The molecule has 12 heavy (non-hydrogen) atoms. The third-order valence-electron chi connectivity index (χ3n) is 1.18. The smallest absolute Gasteiger partial charge is 0.321 e. The highest BCUT2D eigenvalue weighted by Gasteiger charge is 2.00. The molecule has 0 saturated heterocycles. The average Bonchev–Trinajstić information content (AvgIpc) is 2.35. The summed E-state index contributed by atoms with van der Waals surface area (Å²) in [6, 6.07) is 0.314. The summed E-state index contributed by atoms with van der Waals surface area (Å²) >= 11 is 0. The SMILES string of the molecule is Cc1noc(NCCC(N)=O)n1. The van der Waals surface area contributed by atoms with Gasteiger partial charge in [0.05, 0.1) is 0 Å². The molecule has 66 valence electrons. The molecule has 3 N–H and O–H groups in total. The molecule has 1 aromatic heterocycles. The van der Waals surface area contributed by atoms with E-state index in [1.54, 1.807) is 6.92 Å². The first-order valence-electron chi connectivity index (χ1n) is 3.51. The molecule has 0 bridgehead atoms. The van der Waals surface area contributed by atoms with E-state index in [2.05, 4.69) is 15.5 Å². The van der Waals surface area contributed by atoms with Crippen molar-refractivity contribution in [3.05, 3.63) is 5.82 Å². The van der Waals surface area contributed by atoms with E-state index in [4.69, 9.17) is 10.3 Å². The van der Waals surface area contributed by atoms with E-state index in [0.717, 1.165) is 0 Å². The highest BCUT2D eigenvalue weighted by atomic mass is 16.5. The number of aryl methyl sites for hydroxylation is 1. The minimum Gasteiger partial charge on any atom is -0.370 e. The average molecular weight is 170 g/mol. The van der Waals surface area contributed by atoms with Crippen LogP contribution in [0.3, 0.4) is 0 Å². The summed E-state index contributed by atoms with van der Waals surface area (Å²) < 4.78 is 4.72. The lowest BCUT2D eigenvalue weighted by Crippen LogP contribution is -2.15. The number of hydrogen-bond acceptors (Lipinski definition) is 5. The number of nitrogens with one attached hydrogen (secondary N) is 1. The number of nitrogens with zero attached hydrogens (tertiary/aromatic N) is 2. The van der Waals surface area contributed by atoms with Crippen molar-refractivity contribution >= 4 is 11.9 Å². The van der Waals surface area contributed by atoms with Crippen LogP contribution >= 0.6 is 0 Å². The standard InChI is InChI=1S/C6H10N4O2/c1-4-9-6(12-10-4)8-3-2-5(7)11/h2-3H2,1H3,(H2,7,11)(H,8,9,10). The molecule has 1 aromatic rings. The number of amides is 1. The molecule has 0 aromatic carbocycles. The van der Waals surface area contributed by atoms with Crippen molar-refractivity contribution < 1.29 is 9.32 Å². The summed E-state index contributed by atoms with van der Waals surface area (Å²) in [6.45, 7) is 2.12. The third-order valence-corrected chi connectivity index (χ3v) is 1.18. The Balaban J connectivity index is 2.29. The summed E-state index contributed by atoms with van der Waals surface area (Å²) in [7, 11) is 0. The minimum absolute atomic E-state index is 0.251. The highest BCUT2D eigenvalue weighted by Crippen LogP contribution is 2.00. The lowest BCUT2D eigenvalue weighted by Gasteiger charge is -1.95. The van der Waals surface area contributed by atoms with Crippen molar-refractivity contribution in [1.29, 1.82) is 0 Å². The van der Waals surface area contributed by atoms with E-state index in [9.17, 15) is 4.79 Å². The van der Waals surface area contributed by atoms with E-state index in [0.29, 0.717) is 18.4 Å². The quantitative estimate of drug-likeness (QED) is 0.645. The van der Waals surface area contributed by atoms with Crippen molar-refractivity contribution in [2.75, 3.05) is 11.9 Å². The number of primary amides is 1. The molecule has 0 aliphatic carbocycles. The molecule has 1 heterocycles. The van der Waals surface area contributed by atoms with E-state index in [-0.39, 0.29) is 12.3 Å². The first-order valence-corrected chi connectivity index (χ1v) is 3.51. The minimum atomic E-state index is -0.362. The number of carbonyl (C=O) groups excluding carboxylic acids is 1. The first-order chi connectivity index (χ1) is 5.68. The summed E-state index contributed by atoms with van der Waals surface area (Å²) in [5.41, 5.74) is 4.92. The fourth-order valence-electron chi connectivity index (χ4n) is 0.662. The van der Waals surface area contributed by atoms with Gasteiger partial charge in [0.25, 0.3) is 0 Å². The summed E-state index contributed by atoms with van der Waals surface area (Å²) in [6.07, 6.45) is 0.251. The van der Waals surface area contributed by atoms with Crippen LogP contribution in [0.25, 0.3) is 0 Å². The molecule has 6 nitrogen and oxygen atoms in total. The van der Waals surface area contributed by atoms with Gasteiger partial charge in [0, 0.05) is 13.0 Å². The molecule has 1 rings (SSSR count). The van der Waals surface area contributed by atoms with Crippen LogP contribution in [0.2, 0.25) is 0 Å². The van der Waals surface area contributed by atoms with E-state index in [1.165, 1.54) is 0 Å². The number of carbonyl (C=O) groups is 1. The van der Waals surface area contributed by atoms with Crippen LogP contribution in [0.1, 0.15) is 12.2 Å². The Labute approximate surface area is 69.1 Å². The lowest BCUT2D eigenvalue weighted by molar-refractivity contribution is -0.117. The Kier molecular flexibility index (Phi) is 2.62. The molecule has 6 heteroatoms. The Hall–Kier alpha value is -1.59. The Morgan fingerprint density at radius 1 is 1.75 bits per heavy atom. The second-order valence-electron chi connectivity index (χ2n) is 2.29. The number of hydrogen-bond donors (Lipinski definition) is 2. The van der Waals surface area contributed by atoms with Crippen LogP contribution in [-0.2, 0) is 4.79 Å². The van der Waals surface area contributed by atoms with Gasteiger partial charge in [-0.3, -0.25) is 4.79 Å². The maximum absolute atomic E-state index is 10.3. The normalized spacial score (nSPS) is 9.75. The highest BCUT2D eigenvalue weighted by molar-refractivity contribution is 5.74. The Morgan fingerprint density at radius 3 is 3.00 bits per heavy atom. The van der Waals surface area contributed by atoms with Gasteiger partial charge in [-0.15, -0.1) is 0 Å². The summed E-state index contributed by atoms with van der Waals surface area (Å²) in [4.78, 5) is 14.2. The number of nitrogens with two attached hydrogens (primary N) is 1. The van der Waals surface area contributed by atoms with Gasteiger partial charge in [-0.2, -0.15) is 4.98 Å². The van der Waals surface area contributed by atoms with E-state index < -0.39 is 0 Å². The fraction of sp³-hybridized carbons (Fsp3) is 0.500. The molecule has 0 atom stereocenters. The zero-order valence-corrected chi connectivity index (χ0v) is 6.70. The van der Waals surface area contributed by atoms with Crippen LogP contribution in [0, 0.1) is 6.92 Å². The lowest BCUT2D eigenvalue weighted by atomic mass is 10.4. The van der Waals surface area contributed by atoms with E-state index in [1.807, 2.05) is 0 Å². The Morgan fingerprint density at radius 2 is 2.50 bits per heavy atom. The molecule has 0 fully saturated rings. The van der Waals surface area contributed by atoms with Crippen molar-refractivity contribution in [3.63, 3.8) is 0 Å². The maximum Gasteiger partial charge on any atom is 0.321 e. The molecule has 0 aliphatic heterocycles. The van der Waals surface area contributed by atoms with Crippen molar-refractivity contribution in [3.8, 4) is 0 Å². The zero-order valence-electron chi connectivity index (χ0n) is 6.70. The first kappa shape index (κ1) is 8.51. The largest absolute Gasteiger partial charge is 0.370 e. The van der Waals surface area contributed by atoms with Gasteiger partial charge in [0.15, 0.2) is 5.82 Å². The number of rotatable bonds is 4. The number of aromatic nitrogens is 2. The molecule has 0 radical (unpaired) electrons. The van der Waals surface area contributed by atoms with Gasteiger partial charge in [-0.05, 0) is 6.92 Å². The van der Waals surface area contributed by atoms with Gasteiger partial charge < -0.3 is 15.6 Å². The fourth-order valence-corrected chi connectivity index (χ4v) is 0.662. The molecule has 1 amide bonds. The second-order valence-corrected chi connectivity index (χ2v) is 2.29. The predicted octanol–water partition coefficient (Wildman–Crippen LogP) is -0.335. The Bertz CT molecular complexity index is 270. The zero-order chi connectivity index (χ0) is 8.97. The van der Waals surface area contributed by atoms with Gasteiger partial charge in [0.1, 0.15) is 0 Å². The molecule has 0 aliphatic rings. The van der Waals surface area contributed by atoms with Gasteiger partial charge in [-0.1, -0.05) is 5.16 Å². The molecular formula is C6H10N4O2. The summed E-state index contributed by atoms with van der Waals surface area (Å²) in [5, 5.41) is 6.31. The van der Waals surface area contributed by atoms with Gasteiger partial charge >= 0.3 is 6.01 Å². The molecule has 0 unspecified atom stereocenters.